The quantitative estimate of drug-likeness (QED) is 0.871. The second-order valence-electron chi connectivity index (χ2n) is 5.44. The number of anilines is 1. The van der Waals surface area contributed by atoms with Crippen molar-refractivity contribution < 1.29 is 9.53 Å². The minimum Gasteiger partial charge on any atom is -0.378 e. The van der Waals surface area contributed by atoms with Gasteiger partial charge >= 0.3 is 0 Å². The Morgan fingerprint density at radius 2 is 1.95 bits per heavy atom. The Labute approximate surface area is 131 Å². The molecule has 5 heteroatoms. The van der Waals surface area contributed by atoms with E-state index in [1.807, 2.05) is 13.0 Å². The van der Waals surface area contributed by atoms with Crippen LogP contribution in [0.4, 0.5) is 5.69 Å². The second kappa shape index (κ2) is 7.00. The van der Waals surface area contributed by atoms with Crippen LogP contribution in [0.5, 0.6) is 0 Å². The van der Waals surface area contributed by atoms with Crippen molar-refractivity contribution in [3.63, 3.8) is 0 Å². The van der Waals surface area contributed by atoms with Crippen molar-refractivity contribution in [2.45, 2.75) is 27.2 Å². The lowest BCUT2D eigenvalue weighted by Crippen LogP contribution is -2.40. The van der Waals surface area contributed by atoms with Gasteiger partial charge in [-0.15, -0.1) is 0 Å². The number of hydrogen-bond donors (Lipinski definition) is 1. The van der Waals surface area contributed by atoms with Crippen molar-refractivity contribution in [3.05, 3.63) is 28.8 Å². The van der Waals surface area contributed by atoms with Crippen molar-refractivity contribution in [3.8, 4) is 0 Å². The Hall–Kier alpha value is -1.46. The molecule has 2 rings (SSSR count). The second-order valence-corrected chi connectivity index (χ2v) is 5.92. The monoisotopic (exact) mass is 306 g/mol. The van der Waals surface area contributed by atoms with E-state index in [1.165, 1.54) is 12.5 Å². The number of thiocarbonyl (C=S) groups is 1. The van der Waals surface area contributed by atoms with Crippen LogP contribution in [0.2, 0.25) is 0 Å². The average Bonchev–Trinajstić information content (AvgIpc) is 2.44. The molecule has 1 heterocycles. The van der Waals surface area contributed by atoms with Crippen LogP contribution in [0, 0.1) is 13.8 Å². The highest BCUT2D eigenvalue weighted by atomic mass is 32.1. The minimum atomic E-state index is -0.0471. The predicted octanol–water partition coefficient (Wildman–Crippen LogP) is 2.46. The highest BCUT2D eigenvalue weighted by Crippen LogP contribution is 2.22. The number of rotatable bonds is 3. The fourth-order valence-corrected chi connectivity index (χ4v) is 2.82. The molecule has 1 fully saturated rings. The number of ether oxygens (including phenoxy) is 1. The number of carbonyl (C=O) groups excluding carboxylic acids is 1. The maximum Gasteiger partial charge on any atom is 0.221 e. The summed E-state index contributed by atoms with van der Waals surface area (Å²) in [6.45, 7) is 8.84. The van der Waals surface area contributed by atoms with Gasteiger partial charge in [-0.2, -0.15) is 0 Å². The van der Waals surface area contributed by atoms with Gasteiger partial charge in [-0.05, 0) is 36.6 Å². The molecule has 0 aliphatic carbocycles. The number of aryl methyl sites for hydroxylation is 2. The number of nitrogens with one attached hydrogen (secondary N) is 1. The van der Waals surface area contributed by atoms with Gasteiger partial charge < -0.3 is 15.0 Å². The van der Waals surface area contributed by atoms with Crippen molar-refractivity contribution in [2.75, 3.05) is 31.6 Å². The predicted molar refractivity (Wildman–Crippen MR) is 88.9 cm³/mol. The summed E-state index contributed by atoms with van der Waals surface area (Å²) in [6, 6.07) is 4.14. The molecule has 0 radical (unpaired) electrons. The first-order valence-corrected chi connectivity index (χ1v) is 7.61. The number of nitrogens with zero attached hydrogens (tertiary/aromatic N) is 1. The van der Waals surface area contributed by atoms with E-state index in [0.717, 1.165) is 54.5 Å². The molecule has 1 amide bonds. The van der Waals surface area contributed by atoms with Crippen LogP contribution in [0.1, 0.15) is 23.6 Å². The molecule has 1 aromatic carbocycles. The van der Waals surface area contributed by atoms with Crippen LogP contribution in [0.25, 0.3) is 0 Å². The lowest BCUT2D eigenvalue weighted by Gasteiger charge is -2.29. The van der Waals surface area contributed by atoms with E-state index in [-0.39, 0.29) is 5.91 Å². The summed E-state index contributed by atoms with van der Waals surface area (Å²) < 4.78 is 5.35. The van der Waals surface area contributed by atoms with Crippen molar-refractivity contribution in [1.82, 2.24) is 4.90 Å². The maximum atomic E-state index is 11.2. The Bertz CT molecular complexity index is 551. The largest absolute Gasteiger partial charge is 0.378 e. The third kappa shape index (κ3) is 4.25. The van der Waals surface area contributed by atoms with Crippen LogP contribution in [-0.4, -0.2) is 42.1 Å². The zero-order chi connectivity index (χ0) is 15.4. The Balaban J connectivity index is 2.11. The molecular weight excluding hydrogens is 284 g/mol. The van der Waals surface area contributed by atoms with Crippen LogP contribution < -0.4 is 5.32 Å². The fourth-order valence-electron chi connectivity index (χ4n) is 2.48. The molecule has 1 aliphatic heterocycles. The molecule has 114 valence electrons. The van der Waals surface area contributed by atoms with E-state index in [2.05, 4.69) is 23.2 Å². The zero-order valence-electron chi connectivity index (χ0n) is 12.9. The molecule has 1 saturated heterocycles. The summed E-state index contributed by atoms with van der Waals surface area (Å²) in [6.07, 6.45) is 0.766. The Morgan fingerprint density at radius 1 is 1.29 bits per heavy atom. The summed E-state index contributed by atoms with van der Waals surface area (Å²) in [5, 5.41) is 2.86. The summed E-state index contributed by atoms with van der Waals surface area (Å²) in [7, 11) is 0. The number of benzene rings is 1. The van der Waals surface area contributed by atoms with Gasteiger partial charge in [-0.3, -0.25) is 4.79 Å². The number of carbonyl (C=O) groups is 1. The third-order valence-electron chi connectivity index (χ3n) is 3.70. The lowest BCUT2D eigenvalue weighted by molar-refractivity contribution is -0.114. The molecule has 0 saturated carbocycles. The summed E-state index contributed by atoms with van der Waals surface area (Å²) in [4.78, 5) is 14.4. The van der Waals surface area contributed by atoms with E-state index in [1.54, 1.807) is 0 Å². The van der Waals surface area contributed by atoms with Crippen molar-refractivity contribution in [1.29, 1.82) is 0 Å². The van der Waals surface area contributed by atoms with Gasteiger partial charge in [0.15, 0.2) is 0 Å². The molecule has 1 aromatic rings. The van der Waals surface area contributed by atoms with Crippen LogP contribution in [0.3, 0.4) is 0 Å². The summed E-state index contributed by atoms with van der Waals surface area (Å²) in [5.74, 6) is -0.0471. The summed E-state index contributed by atoms with van der Waals surface area (Å²) in [5.41, 5.74) is 4.31. The van der Waals surface area contributed by atoms with Gasteiger partial charge in [0, 0.05) is 32.1 Å². The average molecular weight is 306 g/mol. The molecule has 1 N–H and O–H groups in total. The smallest absolute Gasteiger partial charge is 0.221 e. The van der Waals surface area contributed by atoms with E-state index in [4.69, 9.17) is 17.0 Å². The van der Waals surface area contributed by atoms with Gasteiger partial charge in [-0.25, -0.2) is 0 Å². The lowest BCUT2D eigenvalue weighted by atomic mass is 10.0. The van der Waals surface area contributed by atoms with Gasteiger partial charge in [0.05, 0.1) is 18.2 Å². The molecule has 4 nitrogen and oxygen atoms in total. The first kappa shape index (κ1) is 15.9. The highest BCUT2D eigenvalue weighted by Gasteiger charge is 2.15. The van der Waals surface area contributed by atoms with E-state index in [9.17, 15) is 4.79 Å². The minimum absolute atomic E-state index is 0.0471. The highest BCUT2D eigenvalue weighted by molar-refractivity contribution is 7.80. The maximum absolute atomic E-state index is 11.2. The standard InChI is InChI=1S/C16H22N2O2S/c1-11-9-15(17-13(3)19)12(2)8-14(11)10-16(21)18-4-6-20-7-5-18/h8-9H,4-7,10H2,1-3H3,(H,17,19). The van der Waals surface area contributed by atoms with Crippen LogP contribution >= 0.6 is 12.2 Å². The number of amides is 1. The van der Waals surface area contributed by atoms with Crippen molar-refractivity contribution in [2.24, 2.45) is 0 Å². The van der Waals surface area contributed by atoms with E-state index >= 15 is 0 Å². The summed E-state index contributed by atoms with van der Waals surface area (Å²) >= 11 is 5.56. The van der Waals surface area contributed by atoms with Gasteiger partial charge in [0.25, 0.3) is 0 Å². The first-order chi connectivity index (χ1) is 9.97. The van der Waals surface area contributed by atoms with E-state index in [0.29, 0.717) is 0 Å². The van der Waals surface area contributed by atoms with E-state index < -0.39 is 0 Å². The topological polar surface area (TPSA) is 41.6 Å². The molecule has 0 bridgehead atoms. The molecule has 0 unspecified atom stereocenters. The van der Waals surface area contributed by atoms with Crippen LogP contribution in [0.15, 0.2) is 12.1 Å². The molecule has 0 aromatic heterocycles. The van der Waals surface area contributed by atoms with Gasteiger partial charge in [0.2, 0.25) is 5.91 Å². The third-order valence-corrected chi connectivity index (χ3v) is 4.10. The SMILES string of the molecule is CC(=O)Nc1cc(C)c(CC(=S)N2CCOCC2)cc1C. The number of hydrogen-bond acceptors (Lipinski definition) is 3. The van der Waals surface area contributed by atoms with Gasteiger partial charge in [-0.1, -0.05) is 18.3 Å². The molecule has 0 atom stereocenters. The molecule has 1 aliphatic rings. The fraction of sp³-hybridized carbons (Fsp3) is 0.500. The van der Waals surface area contributed by atoms with Gasteiger partial charge in [0.1, 0.15) is 0 Å². The van der Waals surface area contributed by atoms with Crippen LogP contribution in [-0.2, 0) is 16.0 Å². The normalized spacial score (nSPS) is 14.9. The Kier molecular flexibility index (Phi) is 5.31. The molecular formula is C16H22N2O2S. The van der Waals surface area contributed by atoms with Crippen molar-refractivity contribution >= 4 is 28.8 Å². The molecule has 21 heavy (non-hydrogen) atoms. The Morgan fingerprint density at radius 3 is 2.57 bits per heavy atom. The first-order valence-electron chi connectivity index (χ1n) is 7.20. The zero-order valence-corrected chi connectivity index (χ0v) is 13.7. The molecule has 0 spiro atoms. The number of morpholine rings is 1.